The molecule has 0 spiro atoms. The summed E-state index contributed by atoms with van der Waals surface area (Å²) >= 11 is 0. The minimum Gasteiger partial charge on any atom is -0.295 e. The highest BCUT2D eigenvalue weighted by molar-refractivity contribution is 7.92. The third kappa shape index (κ3) is 3.47. The largest absolute Gasteiger partial charge is 0.295 e. The monoisotopic (exact) mass is 371 g/mol. The van der Waals surface area contributed by atoms with Gasteiger partial charge in [0.15, 0.2) is 11.6 Å². The first-order valence-corrected chi connectivity index (χ1v) is 9.26. The molecule has 0 bridgehead atoms. The van der Waals surface area contributed by atoms with Crippen LogP contribution in [0.5, 0.6) is 0 Å². The second-order valence-corrected chi connectivity index (χ2v) is 7.51. The van der Waals surface area contributed by atoms with Gasteiger partial charge in [-0.05, 0) is 61.0 Å². The summed E-state index contributed by atoms with van der Waals surface area (Å²) in [4.78, 5) is 11.5. The van der Waals surface area contributed by atoms with Gasteiger partial charge in [-0.25, -0.2) is 8.42 Å². The average Bonchev–Trinajstić information content (AvgIpc) is 3.02. The molecule has 0 aliphatic heterocycles. The molecule has 0 unspecified atom stereocenters. The van der Waals surface area contributed by atoms with Gasteiger partial charge >= 0.3 is 0 Å². The van der Waals surface area contributed by atoms with Crippen LogP contribution >= 0.6 is 0 Å². The lowest BCUT2D eigenvalue weighted by atomic mass is 10.2. The van der Waals surface area contributed by atoms with Gasteiger partial charge in [0, 0.05) is 5.56 Å². The highest BCUT2D eigenvalue weighted by Crippen LogP contribution is 2.22. The van der Waals surface area contributed by atoms with Crippen molar-refractivity contribution >= 4 is 21.5 Å². The van der Waals surface area contributed by atoms with Gasteiger partial charge in [0.25, 0.3) is 10.0 Å². The van der Waals surface area contributed by atoms with Crippen molar-refractivity contribution in [2.24, 2.45) is 0 Å². The fourth-order valence-electron chi connectivity index (χ4n) is 2.45. The van der Waals surface area contributed by atoms with E-state index in [-0.39, 0.29) is 10.7 Å². The smallest absolute Gasteiger partial charge is 0.261 e. The molecule has 0 aliphatic rings. The molecular formula is C17H17N5O3S. The molecule has 8 nitrogen and oxygen atoms in total. The summed E-state index contributed by atoms with van der Waals surface area (Å²) in [7, 11) is -3.84. The number of hydrogen-bond donors (Lipinski definition) is 1. The number of tetrazole rings is 1. The van der Waals surface area contributed by atoms with E-state index >= 15 is 0 Å². The summed E-state index contributed by atoms with van der Waals surface area (Å²) in [5.74, 6) is 0.385. The topological polar surface area (TPSA) is 107 Å². The van der Waals surface area contributed by atoms with E-state index in [0.717, 1.165) is 5.56 Å². The zero-order valence-corrected chi connectivity index (χ0v) is 15.3. The third-order valence-corrected chi connectivity index (χ3v) is 5.24. The third-order valence-electron chi connectivity index (χ3n) is 3.87. The van der Waals surface area contributed by atoms with Crippen molar-refractivity contribution in [3.63, 3.8) is 0 Å². The van der Waals surface area contributed by atoms with E-state index in [1.807, 2.05) is 6.92 Å². The zero-order valence-electron chi connectivity index (χ0n) is 14.5. The molecule has 1 N–H and O–H groups in total. The summed E-state index contributed by atoms with van der Waals surface area (Å²) in [6, 6.07) is 11.0. The Morgan fingerprint density at radius 2 is 1.88 bits per heavy atom. The fraction of sp³-hybridized carbons (Fsp3) is 0.176. The average molecular weight is 371 g/mol. The lowest BCUT2D eigenvalue weighted by Gasteiger charge is -2.12. The summed E-state index contributed by atoms with van der Waals surface area (Å²) < 4.78 is 29.4. The first-order chi connectivity index (χ1) is 12.3. The summed E-state index contributed by atoms with van der Waals surface area (Å²) in [5, 5.41) is 11.4. The van der Waals surface area contributed by atoms with E-state index in [1.165, 1.54) is 29.8 Å². The van der Waals surface area contributed by atoms with Gasteiger partial charge < -0.3 is 0 Å². The minimum atomic E-state index is -3.84. The van der Waals surface area contributed by atoms with Crippen molar-refractivity contribution in [3.05, 3.63) is 59.4 Å². The summed E-state index contributed by atoms with van der Waals surface area (Å²) in [5.41, 5.74) is 2.27. The van der Waals surface area contributed by atoms with E-state index in [4.69, 9.17) is 0 Å². The molecule has 26 heavy (non-hydrogen) atoms. The molecule has 3 aromatic rings. The molecular weight excluding hydrogens is 354 g/mol. The highest BCUT2D eigenvalue weighted by Gasteiger charge is 2.17. The Balaban J connectivity index is 1.97. The minimum absolute atomic E-state index is 0.0194. The number of nitrogens with zero attached hydrogens (tertiary/aromatic N) is 4. The number of ketones is 1. The molecule has 0 fully saturated rings. The van der Waals surface area contributed by atoms with Crippen LogP contribution < -0.4 is 4.72 Å². The molecule has 0 saturated carbocycles. The zero-order chi connectivity index (χ0) is 18.9. The maximum absolute atomic E-state index is 12.7. The van der Waals surface area contributed by atoms with Crippen molar-refractivity contribution in [2.45, 2.75) is 25.7 Å². The second-order valence-electron chi connectivity index (χ2n) is 5.83. The Labute approximate surface area is 150 Å². The quantitative estimate of drug-likeness (QED) is 0.690. The number of aryl methyl sites for hydroxylation is 2. The predicted octanol–water partition coefficient (Wildman–Crippen LogP) is 2.28. The molecule has 0 aliphatic carbocycles. The number of sulfonamides is 1. The summed E-state index contributed by atoms with van der Waals surface area (Å²) in [6.45, 7) is 5.02. The number of benzene rings is 2. The molecule has 134 valence electrons. The lowest BCUT2D eigenvalue weighted by molar-refractivity contribution is 0.101. The standard InChI is InChI=1S/C17H17N5O3S/c1-11-7-8-15(10-17(11)22-13(3)18-20-21-22)19-26(24,25)16-6-4-5-14(9-16)12(2)23/h4-10,19H,1-3H3. The number of anilines is 1. The van der Waals surface area contributed by atoms with E-state index < -0.39 is 10.0 Å². The number of nitrogens with one attached hydrogen (secondary N) is 1. The van der Waals surface area contributed by atoms with E-state index in [1.54, 1.807) is 31.2 Å². The van der Waals surface area contributed by atoms with Gasteiger partial charge in [0.05, 0.1) is 16.3 Å². The van der Waals surface area contributed by atoms with Gasteiger partial charge in [-0.15, -0.1) is 5.10 Å². The van der Waals surface area contributed by atoms with Crippen LogP contribution in [0.1, 0.15) is 28.7 Å². The first kappa shape index (κ1) is 17.7. The van der Waals surface area contributed by atoms with Crippen molar-refractivity contribution in [1.82, 2.24) is 20.2 Å². The summed E-state index contributed by atoms with van der Waals surface area (Å²) in [6.07, 6.45) is 0. The van der Waals surface area contributed by atoms with Gasteiger partial charge in [-0.1, -0.05) is 18.2 Å². The van der Waals surface area contributed by atoms with Crippen molar-refractivity contribution in [3.8, 4) is 5.69 Å². The number of carbonyl (C=O) groups excluding carboxylic acids is 1. The van der Waals surface area contributed by atoms with E-state index in [0.29, 0.717) is 22.8 Å². The van der Waals surface area contributed by atoms with Crippen LogP contribution in [-0.2, 0) is 10.0 Å². The Morgan fingerprint density at radius 1 is 1.12 bits per heavy atom. The lowest BCUT2D eigenvalue weighted by Crippen LogP contribution is -2.14. The van der Waals surface area contributed by atoms with Crippen LogP contribution in [0, 0.1) is 13.8 Å². The van der Waals surface area contributed by atoms with Crippen molar-refractivity contribution in [2.75, 3.05) is 4.72 Å². The van der Waals surface area contributed by atoms with E-state index in [2.05, 4.69) is 20.2 Å². The Morgan fingerprint density at radius 3 is 2.54 bits per heavy atom. The molecule has 0 radical (unpaired) electrons. The fourth-order valence-corrected chi connectivity index (χ4v) is 3.55. The molecule has 0 saturated heterocycles. The van der Waals surface area contributed by atoms with Crippen molar-refractivity contribution in [1.29, 1.82) is 0 Å². The number of Topliss-reactive ketones (excluding diaryl/α,β-unsaturated/α-hetero) is 1. The number of rotatable bonds is 5. The molecule has 0 atom stereocenters. The number of carbonyl (C=O) groups is 1. The molecule has 1 heterocycles. The van der Waals surface area contributed by atoms with Crippen molar-refractivity contribution < 1.29 is 13.2 Å². The maximum Gasteiger partial charge on any atom is 0.261 e. The number of aromatic nitrogens is 4. The van der Waals surface area contributed by atoms with E-state index in [9.17, 15) is 13.2 Å². The second kappa shape index (κ2) is 6.68. The van der Waals surface area contributed by atoms with Crippen LogP contribution in [0.2, 0.25) is 0 Å². The van der Waals surface area contributed by atoms with Crippen LogP contribution in [-0.4, -0.2) is 34.4 Å². The Kier molecular flexibility index (Phi) is 4.56. The molecule has 9 heteroatoms. The molecule has 0 amide bonds. The first-order valence-electron chi connectivity index (χ1n) is 7.78. The van der Waals surface area contributed by atoms with Gasteiger partial charge in [-0.3, -0.25) is 9.52 Å². The Bertz CT molecular complexity index is 1090. The van der Waals surface area contributed by atoms with Crippen LogP contribution in [0.15, 0.2) is 47.4 Å². The number of hydrogen-bond acceptors (Lipinski definition) is 6. The molecule has 3 rings (SSSR count). The highest BCUT2D eigenvalue weighted by atomic mass is 32.2. The normalized spacial score (nSPS) is 11.3. The van der Waals surface area contributed by atoms with Crippen LogP contribution in [0.4, 0.5) is 5.69 Å². The van der Waals surface area contributed by atoms with Gasteiger partial charge in [0.2, 0.25) is 0 Å². The predicted molar refractivity (Wildman–Crippen MR) is 95.9 cm³/mol. The Hall–Kier alpha value is -3.07. The van der Waals surface area contributed by atoms with Crippen LogP contribution in [0.3, 0.4) is 0 Å². The SMILES string of the molecule is CC(=O)c1cccc(S(=O)(=O)Nc2ccc(C)c(-n3nnnc3C)c2)c1. The van der Waals surface area contributed by atoms with Gasteiger partial charge in [0.1, 0.15) is 0 Å². The maximum atomic E-state index is 12.7. The molecule has 2 aromatic carbocycles. The van der Waals surface area contributed by atoms with Gasteiger partial charge in [-0.2, -0.15) is 4.68 Å². The van der Waals surface area contributed by atoms with Crippen LogP contribution in [0.25, 0.3) is 5.69 Å². The molecule has 1 aromatic heterocycles.